The van der Waals surface area contributed by atoms with Crippen molar-refractivity contribution >= 4 is 11.9 Å². The van der Waals surface area contributed by atoms with Gasteiger partial charge in [-0.25, -0.2) is 9.59 Å². The van der Waals surface area contributed by atoms with Crippen LogP contribution in [0.5, 0.6) is 0 Å². The molecule has 0 saturated carbocycles. The smallest absolute Gasteiger partial charge is 0.337 e. The van der Waals surface area contributed by atoms with Crippen LogP contribution >= 0.6 is 0 Å². The number of carboxylic acids is 1. The Labute approximate surface area is 147 Å². The summed E-state index contributed by atoms with van der Waals surface area (Å²) >= 11 is 0. The number of esters is 1. The lowest BCUT2D eigenvalue weighted by Gasteiger charge is -2.01. The molecule has 0 heterocycles. The topological polar surface area (TPSA) is 63.6 Å². The first-order chi connectivity index (χ1) is 11.8. The van der Waals surface area contributed by atoms with E-state index in [4.69, 9.17) is 18.0 Å². The molecule has 2 aromatic rings. The first-order valence-electron chi connectivity index (χ1n) is 7.30. The Morgan fingerprint density at radius 2 is 1.36 bits per heavy atom. The van der Waals surface area contributed by atoms with Crippen LogP contribution < -0.4 is 0 Å². The number of methoxy groups -OCH3 is 1. The molecule has 2 rings (SSSR count). The molecule has 0 radical (unpaired) electrons. The maximum Gasteiger partial charge on any atom is 0.337 e. The molecule has 0 atom stereocenters. The summed E-state index contributed by atoms with van der Waals surface area (Å²) in [6, 6.07) is 9.90. The Morgan fingerprint density at radius 3 is 1.76 bits per heavy atom. The van der Waals surface area contributed by atoms with Crippen LogP contribution in [0.15, 0.2) is 36.4 Å². The van der Waals surface area contributed by atoms with E-state index in [0.29, 0.717) is 11.1 Å². The lowest BCUT2D eigenvalue weighted by atomic mass is 10.1. The summed E-state index contributed by atoms with van der Waals surface area (Å²) in [7, 11) is 1.34. The van der Waals surface area contributed by atoms with Crippen LogP contribution in [-0.4, -0.2) is 24.2 Å². The summed E-state index contributed by atoms with van der Waals surface area (Å²) < 4.78 is 4.57. The van der Waals surface area contributed by atoms with E-state index in [1.165, 1.54) is 13.2 Å². The standard InChI is InChI=1S/C11H10O2.C10H8O2/c1-4-9-7-10(11(12)13-3)6-5-8(9)2;1-3-8-6-9(10(11)12)5-4-7(8)2/h1,5-7H,2-3H3;1,4-6H,2H3,(H,11,12). The van der Waals surface area contributed by atoms with Gasteiger partial charge in [-0.1, -0.05) is 24.0 Å². The fourth-order valence-electron chi connectivity index (χ4n) is 1.93. The highest BCUT2D eigenvalue weighted by atomic mass is 16.5. The van der Waals surface area contributed by atoms with E-state index >= 15 is 0 Å². The molecule has 0 aliphatic carbocycles. The average molecular weight is 334 g/mol. The van der Waals surface area contributed by atoms with E-state index in [2.05, 4.69) is 16.6 Å². The van der Waals surface area contributed by atoms with Gasteiger partial charge in [-0.05, 0) is 49.2 Å². The van der Waals surface area contributed by atoms with Crippen molar-refractivity contribution in [3.63, 3.8) is 0 Å². The largest absolute Gasteiger partial charge is 0.478 e. The van der Waals surface area contributed by atoms with E-state index in [9.17, 15) is 9.59 Å². The van der Waals surface area contributed by atoms with E-state index in [1.54, 1.807) is 30.3 Å². The van der Waals surface area contributed by atoms with Gasteiger partial charge in [0, 0.05) is 11.1 Å². The maximum absolute atomic E-state index is 11.1. The summed E-state index contributed by atoms with van der Waals surface area (Å²) in [6.45, 7) is 3.75. The number of carboxylic acid groups (broad SMARTS) is 1. The molecule has 0 aliphatic rings. The predicted octanol–water partition coefficient (Wildman–Crippen LogP) is 3.44. The van der Waals surface area contributed by atoms with Crippen molar-refractivity contribution in [1.82, 2.24) is 0 Å². The van der Waals surface area contributed by atoms with Crippen LogP contribution in [0.2, 0.25) is 0 Å². The summed E-state index contributed by atoms with van der Waals surface area (Å²) in [4.78, 5) is 21.6. The van der Waals surface area contributed by atoms with Gasteiger partial charge in [0.2, 0.25) is 0 Å². The third kappa shape index (κ3) is 5.27. The highest BCUT2D eigenvalue weighted by Crippen LogP contribution is 2.11. The zero-order valence-electron chi connectivity index (χ0n) is 14.3. The number of rotatable bonds is 2. The number of carbonyl (C=O) groups is 2. The summed E-state index contributed by atoms with van der Waals surface area (Å²) in [5.41, 5.74) is 3.98. The molecule has 0 unspecified atom stereocenters. The molecule has 0 amide bonds. The minimum absolute atomic E-state index is 0.230. The Balaban J connectivity index is 0.000000251. The Hall–Kier alpha value is -3.50. The Kier molecular flexibility index (Phi) is 7.00. The number of aromatic carboxylic acids is 1. The third-order valence-electron chi connectivity index (χ3n) is 3.45. The number of carbonyl (C=O) groups excluding carboxylic acids is 1. The van der Waals surface area contributed by atoms with Gasteiger partial charge in [-0.15, -0.1) is 12.8 Å². The van der Waals surface area contributed by atoms with Gasteiger partial charge in [0.25, 0.3) is 0 Å². The van der Waals surface area contributed by atoms with Crippen molar-refractivity contribution in [2.45, 2.75) is 13.8 Å². The number of hydrogen-bond acceptors (Lipinski definition) is 3. The van der Waals surface area contributed by atoms with Gasteiger partial charge in [0.15, 0.2) is 0 Å². The van der Waals surface area contributed by atoms with Crippen molar-refractivity contribution in [3.8, 4) is 24.7 Å². The summed E-state index contributed by atoms with van der Waals surface area (Å²) in [6.07, 6.45) is 10.4. The Bertz CT molecular complexity index is 880. The third-order valence-corrected chi connectivity index (χ3v) is 3.45. The molecule has 0 aliphatic heterocycles. The van der Waals surface area contributed by atoms with Gasteiger partial charge < -0.3 is 9.84 Å². The van der Waals surface area contributed by atoms with Crippen LogP contribution in [-0.2, 0) is 4.74 Å². The lowest BCUT2D eigenvalue weighted by Crippen LogP contribution is -2.01. The highest BCUT2D eigenvalue weighted by Gasteiger charge is 2.06. The van der Waals surface area contributed by atoms with E-state index < -0.39 is 5.97 Å². The molecule has 0 spiro atoms. The molecule has 4 nitrogen and oxygen atoms in total. The van der Waals surface area contributed by atoms with Crippen LogP contribution in [0, 0.1) is 38.5 Å². The second-order valence-corrected chi connectivity index (χ2v) is 5.14. The SMILES string of the molecule is C#Cc1cc(C(=O)O)ccc1C.C#Cc1cc(C(=O)OC)ccc1C. The highest BCUT2D eigenvalue weighted by molar-refractivity contribution is 5.90. The van der Waals surface area contributed by atoms with Gasteiger partial charge in [-0.2, -0.15) is 0 Å². The first kappa shape index (κ1) is 19.5. The average Bonchev–Trinajstić information content (AvgIpc) is 2.62. The molecule has 0 saturated heterocycles. The molecule has 0 bridgehead atoms. The normalized spacial score (nSPS) is 9.00. The molecule has 0 fully saturated rings. The van der Waals surface area contributed by atoms with Crippen molar-refractivity contribution in [3.05, 3.63) is 69.8 Å². The monoisotopic (exact) mass is 334 g/mol. The maximum atomic E-state index is 11.1. The fraction of sp³-hybridized carbons (Fsp3) is 0.143. The van der Waals surface area contributed by atoms with Crippen molar-refractivity contribution in [1.29, 1.82) is 0 Å². The lowest BCUT2D eigenvalue weighted by molar-refractivity contribution is 0.0599. The fourth-order valence-corrected chi connectivity index (χ4v) is 1.93. The molecule has 0 aromatic heterocycles. The van der Waals surface area contributed by atoms with Gasteiger partial charge in [0.1, 0.15) is 0 Å². The molecule has 126 valence electrons. The van der Waals surface area contributed by atoms with Crippen LogP contribution in [0.4, 0.5) is 0 Å². The predicted molar refractivity (Wildman–Crippen MR) is 96.5 cm³/mol. The van der Waals surface area contributed by atoms with E-state index in [0.717, 1.165) is 16.7 Å². The summed E-state index contributed by atoms with van der Waals surface area (Å²) in [5, 5.41) is 8.63. The van der Waals surface area contributed by atoms with Gasteiger partial charge >= 0.3 is 11.9 Å². The Morgan fingerprint density at radius 1 is 0.920 bits per heavy atom. The first-order valence-corrected chi connectivity index (χ1v) is 7.30. The molecular weight excluding hydrogens is 316 g/mol. The quantitative estimate of drug-likeness (QED) is 0.675. The molecule has 25 heavy (non-hydrogen) atoms. The molecule has 4 heteroatoms. The van der Waals surface area contributed by atoms with Gasteiger partial charge in [0.05, 0.1) is 18.2 Å². The second-order valence-electron chi connectivity index (χ2n) is 5.14. The molecular formula is C21H18O4. The minimum Gasteiger partial charge on any atom is -0.478 e. The van der Waals surface area contributed by atoms with Crippen molar-refractivity contribution in [2.75, 3.05) is 7.11 Å². The number of terminal acetylenes is 2. The van der Waals surface area contributed by atoms with E-state index in [1.807, 2.05) is 13.8 Å². The summed E-state index contributed by atoms with van der Waals surface area (Å²) in [5.74, 6) is 3.62. The molecule has 1 N–H and O–H groups in total. The van der Waals surface area contributed by atoms with Crippen LogP contribution in [0.25, 0.3) is 0 Å². The number of hydrogen-bond donors (Lipinski definition) is 1. The number of benzene rings is 2. The van der Waals surface area contributed by atoms with Crippen LogP contribution in [0.1, 0.15) is 43.0 Å². The van der Waals surface area contributed by atoms with E-state index in [-0.39, 0.29) is 11.5 Å². The van der Waals surface area contributed by atoms with Crippen molar-refractivity contribution < 1.29 is 19.4 Å². The minimum atomic E-state index is -0.952. The zero-order valence-corrected chi connectivity index (χ0v) is 14.3. The zero-order chi connectivity index (χ0) is 19.0. The van der Waals surface area contributed by atoms with Gasteiger partial charge in [-0.3, -0.25) is 0 Å². The number of aryl methyl sites for hydroxylation is 2. The van der Waals surface area contributed by atoms with Crippen LogP contribution in [0.3, 0.4) is 0 Å². The number of ether oxygens (including phenoxy) is 1. The van der Waals surface area contributed by atoms with Crippen molar-refractivity contribution in [2.24, 2.45) is 0 Å². The second kappa shape index (κ2) is 8.96. The molecule has 2 aromatic carbocycles.